The predicted molar refractivity (Wildman–Crippen MR) is 90.8 cm³/mol. The largest absolute Gasteiger partial charge is 0.393 e. The average Bonchev–Trinajstić information content (AvgIpc) is 3.17. The minimum absolute atomic E-state index is 0.162. The zero-order valence-electron chi connectivity index (χ0n) is 14.9. The van der Waals surface area contributed by atoms with Crippen LogP contribution in [0.5, 0.6) is 0 Å². The number of aliphatic hydroxyl groups excluding tert-OH is 1. The number of nitrogens with zero attached hydrogens (tertiary/aromatic N) is 4. The maximum Gasteiger partial charge on any atom is 0.273 e. The lowest BCUT2D eigenvalue weighted by molar-refractivity contribution is 0.0748. The van der Waals surface area contributed by atoms with Gasteiger partial charge in [0, 0.05) is 37.5 Å². The molecule has 136 valence electrons. The summed E-state index contributed by atoms with van der Waals surface area (Å²) in [7, 11) is 1.87. The number of aliphatic hydroxyl groups is 1. The predicted octanol–water partition coefficient (Wildman–Crippen LogP) is 1.16. The zero-order valence-corrected chi connectivity index (χ0v) is 14.9. The summed E-state index contributed by atoms with van der Waals surface area (Å²) in [4.78, 5) is 14.6. The van der Waals surface area contributed by atoms with Gasteiger partial charge in [0.2, 0.25) is 0 Å². The summed E-state index contributed by atoms with van der Waals surface area (Å²) in [6.45, 7) is 6.13. The number of likely N-dealkylation sites (tertiary alicyclic amines) is 1. The molecule has 0 aliphatic carbocycles. The Balaban J connectivity index is 1.58. The van der Waals surface area contributed by atoms with Crippen molar-refractivity contribution in [2.24, 2.45) is 7.05 Å². The van der Waals surface area contributed by atoms with Crippen molar-refractivity contribution in [1.82, 2.24) is 25.2 Å². The molecule has 1 atom stereocenters. The Morgan fingerprint density at radius 3 is 2.84 bits per heavy atom. The normalized spacial score (nSPS) is 17.6. The fourth-order valence-corrected chi connectivity index (χ4v) is 3.08. The molecule has 1 saturated heterocycles. The number of hydrogen-bond donors (Lipinski definition) is 2. The lowest BCUT2D eigenvalue weighted by atomic mass is 10.1. The van der Waals surface area contributed by atoms with Crippen LogP contribution < -0.4 is 5.32 Å². The highest BCUT2D eigenvalue weighted by atomic mass is 16.5. The van der Waals surface area contributed by atoms with Crippen molar-refractivity contribution in [2.75, 3.05) is 13.1 Å². The van der Waals surface area contributed by atoms with Crippen LogP contribution in [0.4, 0.5) is 0 Å². The van der Waals surface area contributed by atoms with Gasteiger partial charge in [-0.05, 0) is 26.7 Å². The van der Waals surface area contributed by atoms with E-state index in [0.717, 1.165) is 37.2 Å². The average molecular weight is 347 g/mol. The Bertz CT molecular complexity index is 730. The first-order valence-corrected chi connectivity index (χ1v) is 8.59. The highest BCUT2D eigenvalue weighted by Gasteiger charge is 2.21. The van der Waals surface area contributed by atoms with Crippen molar-refractivity contribution in [1.29, 1.82) is 0 Å². The van der Waals surface area contributed by atoms with Crippen LogP contribution in [-0.4, -0.2) is 50.0 Å². The molecule has 8 heteroatoms. The van der Waals surface area contributed by atoms with Crippen LogP contribution in [0.15, 0.2) is 16.8 Å². The van der Waals surface area contributed by atoms with Gasteiger partial charge in [-0.3, -0.25) is 14.4 Å². The minimum Gasteiger partial charge on any atom is -0.393 e. The standard InChI is InChI=1S/C17H25N5O3/c1-11(15-9-18-21(3)12(15)2)19-17(24)16-8-14(25-20-16)10-22-6-4-13(23)5-7-22/h8-9,11,13,23H,4-7,10H2,1-3H3,(H,19,24)/t11-/m0/s1. The molecular formula is C17H25N5O3. The maximum atomic E-state index is 12.4. The van der Waals surface area contributed by atoms with Crippen LogP contribution >= 0.6 is 0 Å². The Morgan fingerprint density at radius 2 is 2.20 bits per heavy atom. The number of hydrogen-bond acceptors (Lipinski definition) is 6. The monoisotopic (exact) mass is 347 g/mol. The second-order valence-electron chi connectivity index (χ2n) is 6.69. The third kappa shape index (κ3) is 4.08. The molecule has 1 aliphatic heterocycles. The third-order valence-corrected chi connectivity index (χ3v) is 4.82. The Kier molecular flexibility index (Phi) is 5.19. The molecule has 0 bridgehead atoms. The lowest BCUT2D eigenvalue weighted by Gasteiger charge is -2.28. The molecule has 2 N–H and O–H groups in total. The number of aromatic nitrogens is 3. The van der Waals surface area contributed by atoms with Gasteiger partial charge >= 0.3 is 0 Å². The summed E-state index contributed by atoms with van der Waals surface area (Å²) >= 11 is 0. The second-order valence-corrected chi connectivity index (χ2v) is 6.69. The van der Waals surface area contributed by atoms with Crippen LogP contribution in [0, 0.1) is 6.92 Å². The summed E-state index contributed by atoms with van der Waals surface area (Å²) in [6, 6.07) is 1.52. The van der Waals surface area contributed by atoms with Crippen molar-refractivity contribution >= 4 is 5.91 Å². The van der Waals surface area contributed by atoms with Crippen molar-refractivity contribution in [2.45, 2.75) is 45.4 Å². The van der Waals surface area contributed by atoms with Crippen molar-refractivity contribution in [3.63, 3.8) is 0 Å². The smallest absolute Gasteiger partial charge is 0.273 e. The Labute approximate surface area is 146 Å². The van der Waals surface area contributed by atoms with E-state index < -0.39 is 0 Å². The van der Waals surface area contributed by atoms with Gasteiger partial charge in [0.1, 0.15) is 0 Å². The molecule has 1 fully saturated rings. The van der Waals surface area contributed by atoms with E-state index >= 15 is 0 Å². The number of piperidine rings is 1. The van der Waals surface area contributed by atoms with E-state index in [2.05, 4.69) is 20.5 Å². The molecule has 1 aliphatic rings. The summed E-state index contributed by atoms with van der Waals surface area (Å²) in [5.41, 5.74) is 2.27. The Morgan fingerprint density at radius 1 is 1.48 bits per heavy atom. The number of carbonyl (C=O) groups excluding carboxylic acids is 1. The molecular weight excluding hydrogens is 322 g/mol. The van der Waals surface area contributed by atoms with Crippen molar-refractivity contribution in [3.05, 3.63) is 35.0 Å². The SMILES string of the molecule is Cc1c([C@H](C)NC(=O)c2cc(CN3CCC(O)CC3)on2)cnn1C. The number of nitrogens with one attached hydrogen (secondary N) is 1. The van der Waals surface area contributed by atoms with Crippen LogP contribution in [-0.2, 0) is 13.6 Å². The zero-order chi connectivity index (χ0) is 18.0. The number of amides is 1. The van der Waals surface area contributed by atoms with Gasteiger partial charge in [0.25, 0.3) is 5.91 Å². The van der Waals surface area contributed by atoms with E-state index in [-0.39, 0.29) is 23.7 Å². The number of carbonyl (C=O) groups is 1. The van der Waals surface area contributed by atoms with Gasteiger partial charge in [-0.15, -0.1) is 0 Å². The van der Waals surface area contributed by atoms with Gasteiger partial charge in [-0.1, -0.05) is 5.16 Å². The highest BCUT2D eigenvalue weighted by molar-refractivity contribution is 5.92. The van der Waals surface area contributed by atoms with E-state index in [1.54, 1.807) is 16.9 Å². The highest BCUT2D eigenvalue weighted by Crippen LogP contribution is 2.18. The molecule has 0 aromatic carbocycles. The first kappa shape index (κ1) is 17.6. The van der Waals surface area contributed by atoms with Crippen molar-refractivity contribution < 1.29 is 14.4 Å². The maximum absolute atomic E-state index is 12.4. The lowest BCUT2D eigenvalue weighted by Crippen LogP contribution is -2.35. The number of rotatable bonds is 5. The van der Waals surface area contributed by atoms with E-state index in [4.69, 9.17) is 4.52 Å². The molecule has 25 heavy (non-hydrogen) atoms. The van der Waals surface area contributed by atoms with E-state index in [9.17, 15) is 9.90 Å². The summed E-state index contributed by atoms with van der Waals surface area (Å²) in [5, 5.41) is 20.6. The summed E-state index contributed by atoms with van der Waals surface area (Å²) in [6.07, 6.45) is 3.09. The van der Waals surface area contributed by atoms with E-state index in [0.29, 0.717) is 12.3 Å². The van der Waals surface area contributed by atoms with Gasteiger partial charge in [0.15, 0.2) is 11.5 Å². The fourth-order valence-electron chi connectivity index (χ4n) is 3.08. The molecule has 0 spiro atoms. The van der Waals surface area contributed by atoms with Crippen LogP contribution in [0.1, 0.15) is 53.3 Å². The molecule has 8 nitrogen and oxygen atoms in total. The van der Waals surface area contributed by atoms with Gasteiger partial charge < -0.3 is 14.9 Å². The molecule has 0 unspecified atom stereocenters. The molecule has 2 aromatic heterocycles. The third-order valence-electron chi connectivity index (χ3n) is 4.82. The summed E-state index contributed by atoms with van der Waals surface area (Å²) < 4.78 is 7.08. The van der Waals surface area contributed by atoms with E-state index in [1.807, 2.05) is 20.9 Å². The first-order valence-electron chi connectivity index (χ1n) is 8.59. The van der Waals surface area contributed by atoms with Gasteiger partial charge in [-0.25, -0.2) is 0 Å². The van der Waals surface area contributed by atoms with Gasteiger partial charge in [-0.2, -0.15) is 5.10 Å². The minimum atomic E-state index is -0.264. The molecule has 0 saturated carbocycles. The van der Waals surface area contributed by atoms with E-state index in [1.165, 1.54) is 0 Å². The quantitative estimate of drug-likeness (QED) is 0.843. The molecule has 1 amide bonds. The van der Waals surface area contributed by atoms with Crippen LogP contribution in [0.2, 0.25) is 0 Å². The number of aryl methyl sites for hydroxylation is 1. The fraction of sp³-hybridized carbons (Fsp3) is 0.588. The molecule has 2 aromatic rings. The van der Waals surface area contributed by atoms with Gasteiger partial charge in [0.05, 0.1) is 24.9 Å². The first-order chi connectivity index (χ1) is 11.9. The second kappa shape index (κ2) is 7.37. The summed E-state index contributed by atoms with van der Waals surface area (Å²) in [5.74, 6) is 0.395. The topological polar surface area (TPSA) is 96.4 Å². The molecule has 3 rings (SSSR count). The molecule has 3 heterocycles. The Hall–Kier alpha value is -2.19. The molecule has 0 radical (unpaired) electrons. The van der Waals surface area contributed by atoms with Crippen LogP contribution in [0.3, 0.4) is 0 Å². The van der Waals surface area contributed by atoms with Crippen LogP contribution in [0.25, 0.3) is 0 Å². The van der Waals surface area contributed by atoms with Crippen molar-refractivity contribution in [3.8, 4) is 0 Å².